The molecule has 0 radical (unpaired) electrons. The summed E-state index contributed by atoms with van der Waals surface area (Å²) in [6.07, 6.45) is 4.26. The predicted octanol–water partition coefficient (Wildman–Crippen LogP) is 3.40. The van der Waals surface area contributed by atoms with Crippen LogP contribution in [0.15, 0.2) is 30.3 Å². The maximum Gasteiger partial charge on any atom is 0.244 e. The zero-order valence-corrected chi connectivity index (χ0v) is 12.2. The monoisotopic (exact) mass is 261 g/mol. The molecule has 0 aliphatic heterocycles. The highest BCUT2D eigenvalue weighted by molar-refractivity contribution is 5.92. The minimum atomic E-state index is -0.166. The minimum Gasteiger partial charge on any atom is -0.494 e. The number of carbonyl (C=O) groups is 1. The Bertz CT molecular complexity index is 433. The van der Waals surface area contributed by atoms with Crippen molar-refractivity contribution in [2.75, 3.05) is 6.61 Å². The smallest absolute Gasteiger partial charge is 0.244 e. The highest BCUT2D eigenvalue weighted by Crippen LogP contribution is 2.13. The fourth-order valence-corrected chi connectivity index (χ4v) is 1.48. The van der Waals surface area contributed by atoms with Crippen LogP contribution in [0.2, 0.25) is 0 Å². The third-order valence-electron chi connectivity index (χ3n) is 2.96. The lowest BCUT2D eigenvalue weighted by molar-refractivity contribution is -0.117. The van der Waals surface area contributed by atoms with Gasteiger partial charge in [0, 0.05) is 11.6 Å². The number of benzene rings is 1. The van der Waals surface area contributed by atoms with Gasteiger partial charge in [-0.1, -0.05) is 19.1 Å². The molecule has 0 saturated carbocycles. The molecule has 0 aromatic heterocycles. The van der Waals surface area contributed by atoms with E-state index < -0.39 is 0 Å². The van der Waals surface area contributed by atoms with E-state index in [-0.39, 0.29) is 11.4 Å². The Balaban J connectivity index is 2.58. The summed E-state index contributed by atoms with van der Waals surface area (Å²) < 4.78 is 5.36. The Morgan fingerprint density at radius 1 is 1.26 bits per heavy atom. The summed E-state index contributed by atoms with van der Waals surface area (Å²) in [4.78, 5) is 11.7. The SMILES string of the molecule is CCOc1ccc(/C=C/C(=O)NC(C)(C)CC)cc1. The van der Waals surface area contributed by atoms with Gasteiger partial charge in [0.1, 0.15) is 5.75 Å². The average Bonchev–Trinajstić information content (AvgIpc) is 2.38. The Kier molecular flexibility index (Phi) is 5.61. The molecule has 0 aliphatic rings. The van der Waals surface area contributed by atoms with E-state index in [0.29, 0.717) is 6.61 Å². The highest BCUT2D eigenvalue weighted by Gasteiger charge is 2.15. The molecule has 104 valence electrons. The minimum absolute atomic E-state index is 0.0688. The molecule has 3 heteroatoms. The molecule has 1 aromatic carbocycles. The number of rotatable bonds is 6. The van der Waals surface area contributed by atoms with Crippen LogP contribution in [-0.4, -0.2) is 18.1 Å². The molecule has 0 saturated heterocycles. The summed E-state index contributed by atoms with van der Waals surface area (Å²) in [6, 6.07) is 7.66. The highest BCUT2D eigenvalue weighted by atomic mass is 16.5. The molecule has 0 bridgehead atoms. The van der Waals surface area contributed by atoms with E-state index in [0.717, 1.165) is 17.7 Å². The van der Waals surface area contributed by atoms with E-state index in [4.69, 9.17) is 4.74 Å². The second-order valence-electron chi connectivity index (χ2n) is 5.06. The Morgan fingerprint density at radius 2 is 1.89 bits per heavy atom. The number of hydrogen-bond acceptors (Lipinski definition) is 2. The molecule has 0 atom stereocenters. The average molecular weight is 261 g/mol. The Morgan fingerprint density at radius 3 is 2.42 bits per heavy atom. The number of amides is 1. The van der Waals surface area contributed by atoms with Gasteiger partial charge in [0.05, 0.1) is 6.61 Å². The van der Waals surface area contributed by atoms with Crippen LogP contribution in [0.3, 0.4) is 0 Å². The number of carbonyl (C=O) groups excluding carboxylic acids is 1. The first-order valence-corrected chi connectivity index (χ1v) is 6.70. The Hall–Kier alpha value is -1.77. The van der Waals surface area contributed by atoms with E-state index in [1.807, 2.05) is 45.0 Å². The summed E-state index contributed by atoms with van der Waals surface area (Å²) in [5, 5.41) is 2.96. The van der Waals surface area contributed by atoms with Gasteiger partial charge in [0.2, 0.25) is 5.91 Å². The molecule has 1 amide bonds. The maximum atomic E-state index is 11.7. The first kappa shape index (κ1) is 15.3. The molecule has 19 heavy (non-hydrogen) atoms. The van der Waals surface area contributed by atoms with Gasteiger partial charge in [-0.05, 0) is 51.0 Å². The second kappa shape index (κ2) is 6.98. The zero-order valence-electron chi connectivity index (χ0n) is 12.2. The van der Waals surface area contributed by atoms with Gasteiger partial charge in [-0.3, -0.25) is 4.79 Å². The van der Waals surface area contributed by atoms with Crippen molar-refractivity contribution in [2.45, 2.75) is 39.7 Å². The van der Waals surface area contributed by atoms with Crippen molar-refractivity contribution >= 4 is 12.0 Å². The second-order valence-corrected chi connectivity index (χ2v) is 5.06. The lowest BCUT2D eigenvalue weighted by Crippen LogP contribution is -2.41. The van der Waals surface area contributed by atoms with E-state index in [2.05, 4.69) is 12.2 Å². The first-order valence-electron chi connectivity index (χ1n) is 6.70. The quantitative estimate of drug-likeness (QED) is 0.797. The van der Waals surface area contributed by atoms with E-state index in [1.165, 1.54) is 0 Å². The normalized spacial score (nSPS) is 11.6. The third kappa shape index (κ3) is 5.60. The zero-order chi connectivity index (χ0) is 14.3. The molecule has 0 unspecified atom stereocenters. The van der Waals surface area contributed by atoms with E-state index >= 15 is 0 Å². The van der Waals surface area contributed by atoms with Crippen molar-refractivity contribution in [3.63, 3.8) is 0 Å². The molecule has 1 rings (SSSR count). The topological polar surface area (TPSA) is 38.3 Å². The molecule has 0 aliphatic carbocycles. The lowest BCUT2D eigenvalue weighted by atomic mass is 10.0. The van der Waals surface area contributed by atoms with Crippen LogP contribution in [0.4, 0.5) is 0 Å². The lowest BCUT2D eigenvalue weighted by Gasteiger charge is -2.23. The van der Waals surface area contributed by atoms with Crippen LogP contribution in [0.25, 0.3) is 6.08 Å². The maximum absolute atomic E-state index is 11.7. The van der Waals surface area contributed by atoms with Crippen molar-refractivity contribution in [3.8, 4) is 5.75 Å². The van der Waals surface area contributed by atoms with Crippen LogP contribution in [0, 0.1) is 0 Å². The molecular formula is C16H23NO2. The molecular weight excluding hydrogens is 238 g/mol. The largest absolute Gasteiger partial charge is 0.494 e. The molecule has 0 fully saturated rings. The number of hydrogen-bond donors (Lipinski definition) is 1. The number of ether oxygens (including phenoxy) is 1. The van der Waals surface area contributed by atoms with Crippen LogP contribution < -0.4 is 10.1 Å². The standard InChI is InChI=1S/C16H23NO2/c1-5-16(3,4)17-15(18)12-9-13-7-10-14(11-8-13)19-6-2/h7-12H,5-6H2,1-4H3,(H,17,18)/b12-9+. The Labute approximate surface area is 115 Å². The van der Waals surface area contributed by atoms with Gasteiger partial charge in [0.15, 0.2) is 0 Å². The van der Waals surface area contributed by atoms with Gasteiger partial charge in [-0.2, -0.15) is 0 Å². The van der Waals surface area contributed by atoms with Crippen LogP contribution in [0.1, 0.15) is 39.7 Å². The van der Waals surface area contributed by atoms with Crippen LogP contribution in [0.5, 0.6) is 5.75 Å². The predicted molar refractivity (Wildman–Crippen MR) is 79.2 cm³/mol. The molecule has 1 N–H and O–H groups in total. The van der Waals surface area contributed by atoms with Crippen molar-refractivity contribution in [1.29, 1.82) is 0 Å². The third-order valence-corrected chi connectivity index (χ3v) is 2.96. The van der Waals surface area contributed by atoms with E-state index in [9.17, 15) is 4.79 Å². The van der Waals surface area contributed by atoms with E-state index in [1.54, 1.807) is 12.2 Å². The molecule has 3 nitrogen and oxygen atoms in total. The number of nitrogens with one attached hydrogen (secondary N) is 1. The summed E-state index contributed by atoms with van der Waals surface area (Å²) in [5.74, 6) is 0.775. The van der Waals surface area contributed by atoms with Gasteiger partial charge in [0.25, 0.3) is 0 Å². The summed E-state index contributed by atoms with van der Waals surface area (Å²) in [6.45, 7) is 8.68. The van der Waals surface area contributed by atoms with Crippen LogP contribution >= 0.6 is 0 Å². The summed E-state index contributed by atoms with van der Waals surface area (Å²) >= 11 is 0. The van der Waals surface area contributed by atoms with Crippen molar-refractivity contribution in [2.24, 2.45) is 0 Å². The van der Waals surface area contributed by atoms with Gasteiger partial charge >= 0.3 is 0 Å². The first-order chi connectivity index (χ1) is 8.96. The molecule has 0 spiro atoms. The van der Waals surface area contributed by atoms with Gasteiger partial charge < -0.3 is 10.1 Å². The fraction of sp³-hybridized carbons (Fsp3) is 0.438. The fourth-order valence-electron chi connectivity index (χ4n) is 1.48. The molecule has 0 heterocycles. The summed E-state index contributed by atoms with van der Waals surface area (Å²) in [5.41, 5.74) is 0.813. The summed E-state index contributed by atoms with van der Waals surface area (Å²) in [7, 11) is 0. The van der Waals surface area contributed by atoms with Crippen molar-refractivity contribution in [1.82, 2.24) is 5.32 Å². The van der Waals surface area contributed by atoms with Crippen LogP contribution in [-0.2, 0) is 4.79 Å². The molecule has 1 aromatic rings. The van der Waals surface area contributed by atoms with Crippen molar-refractivity contribution in [3.05, 3.63) is 35.9 Å². The van der Waals surface area contributed by atoms with Gasteiger partial charge in [-0.15, -0.1) is 0 Å². The van der Waals surface area contributed by atoms with Crippen molar-refractivity contribution < 1.29 is 9.53 Å². The van der Waals surface area contributed by atoms with Gasteiger partial charge in [-0.25, -0.2) is 0 Å².